The molecule has 1 saturated carbocycles. The van der Waals surface area contributed by atoms with Crippen molar-refractivity contribution in [2.45, 2.75) is 50.9 Å². The molecule has 1 aliphatic carbocycles. The lowest BCUT2D eigenvalue weighted by Gasteiger charge is -2.39. The van der Waals surface area contributed by atoms with E-state index in [1.54, 1.807) is 30.3 Å². The number of nitrogens with one attached hydrogen (secondary N) is 1. The van der Waals surface area contributed by atoms with Crippen molar-refractivity contribution in [3.63, 3.8) is 0 Å². The number of aliphatic imine (C=N–C) groups is 1. The molecule has 0 amide bonds. The highest BCUT2D eigenvalue weighted by molar-refractivity contribution is 6.35. The van der Waals surface area contributed by atoms with Crippen molar-refractivity contribution in [1.82, 2.24) is 10.2 Å². The topological polar surface area (TPSA) is 83.2 Å². The first-order valence-corrected chi connectivity index (χ1v) is 16.4. The number of hydrogen-bond donors (Lipinski definition) is 1. The van der Waals surface area contributed by atoms with Crippen molar-refractivity contribution < 1.29 is 14.1 Å². The summed E-state index contributed by atoms with van der Waals surface area (Å²) in [5, 5.41) is 16.3. The Labute approximate surface area is 274 Å². The minimum atomic E-state index is -0.413. The maximum atomic E-state index is 13.8. The number of anilines is 1. The summed E-state index contributed by atoms with van der Waals surface area (Å²) in [5.74, 6) is 0.895. The fraction of sp³-hybridized carbons (Fsp3) is 0.441. The first kappa shape index (κ1) is 32.8. The van der Waals surface area contributed by atoms with Crippen molar-refractivity contribution in [2.75, 3.05) is 50.8 Å². The highest BCUT2D eigenvalue weighted by atomic mass is 35.5. The first-order valence-electron chi connectivity index (χ1n) is 15.7. The largest absolute Gasteiger partial charge is 0.487 e. The predicted octanol–water partition coefficient (Wildman–Crippen LogP) is 7.65. The highest BCUT2D eigenvalue weighted by Crippen LogP contribution is 2.40. The first-order chi connectivity index (χ1) is 21.8. The minimum absolute atomic E-state index is 0.0311. The predicted molar refractivity (Wildman–Crippen MR) is 180 cm³/mol. The second-order valence-electron chi connectivity index (χ2n) is 11.7. The van der Waals surface area contributed by atoms with Crippen LogP contribution in [0.2, 0.25) is 10.0 Å². The van der Waals surface area contributed by atoms with Crippen LogP contribution < -0.4 is 15.0 Å². The van der Waals surface area contributed by atoms with Crippen molar-refractivity contribution in [1.29, 1.82) is 0 Å². The summed E-state index contributed by atoms with van der Waals surface area (Å²) in [5.41, 5.74) is 2.89. The quantitative estimate of drug-likeness (QED) is 0.105. The van der Waals surface area contributed by atoms with Crippen LogP contribution >= 0.6 is 23.2 Å². The van der Waals surface area contributed by atoms with Crippen LogP contribution in [0.5, 0.6) is 5.75 Å². The lowest BCUT2D eigenvalue weighted by atomic mass is 9.69. The monoisotopic (exact) mass is 655 g/mol. The zero-order chi connectivity index (χ0) is 31.8. The molecule has 3 aromatic carbocycles. The number of halogens is 3. The van der Waals surface area contributed by atoms with Gasteiger partial charge in [-0.3, -0.25) is 15.1 Å². The van der Waals surface area contributed by atoms with Gasteiger partial charge < -0.3 is 19.9 Å². The van der Waals surface area contributed by atoms with E-state index < -0.39 is 4.92 Å². The van der Waals surface area contributed by atoms with E-state index in [1.165, 1.54) is 12.5 Å². The molecular weight excluding hydrogens is 616 g/mol. The van der Waals surface area contributed by atoms with Crippen LogP contribution in [0.25, 0.3) is 0 Å². The Bertz CT molecular complexity index is 1490. The van der Waals surface area contributed by atoms with E-state index in [0.717, 1.165) is 74.6 Å². The van der Waals surface area contributed by atoms with Gasteiger partial charge >= 0.3 is 5.69 Å². The maximum absolute atomic E-state index is 13.8. The molecule has 0 bridgehead atoms. The molecule has 2 aliphatic rings. The summed E-state index contributed by atoms with van der Waals surface area (Å²) in [6, 6.07) is 17.6. The fourth-order valence-electron chi connectivity index (χ4n) is 6.40. The molecule has 11 heteroatoms. The number of nitrogens with zero attached hydrogens (tertiary/aromatic N) is 4. The zero-order valence-corrected chi connectivity index (χ0v) is 27.1. The van der Waals surface area contributed by atoms with Gasteiger partial charge in [0.15, 0.2) is 11.7 Å². The lowest BCUT2D eigenvalue weighted by Crippen LogP contribution is -2.53. The molecule has 0 radical (unpaired) electrons. The van der Waals surface area contributed by atoms with Crippen LogP contribution in [0, 0.1) is 15.9 Å². The molecule has 1 aliphatic heterocycles. The van der Waals surface area contributed by atoms with Gasteiger partial charge in [0.05, 0.1) is 18.1 Å². The Hall–Kier alpha value is -3.56. The zero-order valence-electron chi connectivity index (χ0n) is 25.6. The van der Waals surface area contributed by atoms with Crippen molar-refractivity contribution in [2.24, 2.45) is 4.99 Å². The minimum Gasteiger partial charge on any atom is -0.487 e. The van der Waals surface area contributed by atoms with E-state index in [2.05, 4.69) is 15.1 Å². The standard InChI is InChI=1S/C34H40Cl2FN5O3/c1-2-45-32-23-29(12-13-31(32)42(43)44)40-18-20-41(21-19-40)33(38-17-14-25-6-9-27(35)22-30(25)36)39-24-34(15-4-3-5-16-34)26-7-10-28(37)11-8-26/h6-13,22-23H,2-5,14-21,24H2,1H3,(H,38,39). The second-order valence-corrected chi connectivity index (χ2v) is 12.6. The summed E-state index contributed by atoms with van der Waals surface area (Å²) < 4.78 is 19.4. The van der Waals surface area contributed by atoms with E-state index in [0.29, 0.717) is 36.2 Å². The average Bonchev–Trinajstić information content (AvgIpc) is 3.04. The maximum Gasteiger partial charge on any atom is 0.311 e. The summed E-state index contributed by atoms with van der Waals surface area (Å²) in [4.78, 5) is 20.8. The van der Waals surface area contributed by atoms with Gasteiger partial charge in [0, 0.05) is 66.0 Å². The van der Waals surface area contributed by atoms with Crippen LogP contribution in [0.3, 0.4) is 0 Å². The summed E-state index contributed by atoms with van der Waals surface area (Å²) >= 11 is 12.6. The lowest BCUT2D eigenvalue weighted by molar-refractivity contribution is -0.385. The van der Waals surface area contributed by atoms with Crippen LogP contribution in [-0.2, 0) is 11.8 Å². The van der Waals surface area contributed by atoms with Crippen LogP contribution in [0.1, 0.15) is 50.2 Å². The number of rotatable bonds is 10. The number of guanidine groups is 1. The van der Waals surface area contributed by atoms with E-state index >= 15 is 0 Å². The summed E-state index contributed by atoms with van der Waals surface area (Å²) in [6.07, 6.45) is 6.21. The van der Waals surface area contributed by atoms with Gasteiger partial charge in [0.2, 0.25) is 0 Å². The molecule has 1 N–H and O–H groups in total. The van der Waals surface area contributed by atoms with Gasteiger partial charge in [-0.2, -0.15) is 0 Å². The van der Waals surface area contributed by atoms with Crippen LogP contribution in [0.4, 0.5) is 15.8 Å². The number of nitro benzene ring substituents is 1. The van der Waals surface area contributed by atoms with Crippen molar-refractivity contribution in [3.8, 4) is 5.75 Å². The molecule has 5 rings (SSSR count). The number of benzene rings is 3. The molecule has 1 saturated heterocycles. The molecule has 0 spiro atoms. The Morgan fingerprint density at radius 3 is 2.42 bits per heavy atom. The summed E-state index contributed by atoms with van der Waals surface area (Å²) in [7, 11) is 0. The van der Waals surface area contributed by atoms with Crippen LogP contribution in [-0.4, -0.2) is 61.7 Å². The third-order valence-corrected chi connectivity index (χ3v) is 9.46. The van der Waals surface area contributed by atoms with Gasteiger partial charge in [-0.1, -0.05) is 60.7 Å². The molecule has 240 valence electrons. The Morgan fingerprint density at radius 1 is 1.02 bits per heavy atom. The molecule has 45 heavy (non-hydrogen) atoms. The fourth-order valence-corrected chi connectivity index (χ4v) is 6.90. The highest BCUT2D eigenvalue weighted by Gasteiger charge is 2.34. The van der Waals surface area contributed by atoms with E-state index in [9.17, 15) is 14.5 Å². The average molecular weight is 657 g/mol. The van der Waals surface area contributed by atoms with Crippen molar-refractivity contribution >= 4 is 40.5 Å². The van der Waals surface area contributed by atoms with Crippen molar-refractivity contribution in [3.05, 3.63) is 97.8 Å². The number of nitro groups is 1. The smallest absolute Gasteiger partial charge is 0.311 e. The van der Waals surface area contributed by atoms with Gasteiger partial charge in [-0.25, -0.2) is 4.39 Å². The normalized spacial score (nSPS) is 16.8. The summed E-state index contributed by atoms with van der Waals surface area (Å²) in [6.45, 7) is 6.30. The Kier molecular flexibility index (Phi) is 11.0. The number of hydrogen-bond acceptors (Lipinski definition) is 5. The van der Waals surface area contributed by atoms with Gasteiger partial charge in [0.1, 0.15) is 5.82 Å². The Balaban J connectivity index is 1.34. The molecule has 8 nitrogen and oxygen atoms in total. The van der Waals surface area contributed by atoms with Gasteiger partial charge in [0.25, 0.3) is 0 Å². The second kappa shape index (κ2) is 15.1. The van der Waals surface area contributed by atoms with E-state index in [1.807, 2.05) is 31.2 Å². The van der Waals surface area contributed by atoms with Gasteiger partial charge in [-0.05, 0) is 67.6 Å². The molecular formula is C34H40Cl2FN5O3. The molecule has 2 fully saturated rings. The Morgan fingerprint density at radius 2 is 1.76 bits per heavy atom. The molecule has 1 heterocycles. The third kappa shape index (κ3) is 8.19. The number of ether oxygens (including phenoxy) is 1. The van der Waals surface area contributed by atoms with E-state index in [-0.39, 0.29) is 22.7 Å². The molecule has 3 aromatic rings. The SMILES string of the molecule is CCOc1cc(N2CCN(C(=NCC3(c4ccc(F)cc4)CCCCC3)NCCc3ccc(Cl)cc3Cl)CC2)ccc1[N+](=O)[O-]. The third-order valence-electron chi connectivity index (χ3n) is 8.88. The molecule has 0 atom stereocenters. The molecule has 0 unspecified atom stereocenters. The number of piperazine rings is 1. The van der Waals surface area contributed by atoms with Gasteiger partial charge in [-0.15, -0.1) is 0 Å². The molecule has 0 aromatic heterocycles. The van der Waals surface area contributed by atoms with Crippen LogP contribution in [0.15, 0.2) is 65.7 Å². The van der Waals surface area contributed by atoms with E-state index in [4.69, 9.17) is 32.9 Å².